The number of rotatable bonds is 24. The van der Waals surface area contributed by atoms with E-state index in [-0.39, 0.29) is 32.0 Å². The van der Waals surface area contributed by atoms with Gasteiger partial charge in [0.1, 0.15) is 19.0 Å². The third-order valence-electron chi connectivity index (χ3n) is 4.38. The van der Waals surface area contributed by atoms with Gasteiger partial charge < -0.3 is 44.0 Å². The van der Waals surface area contributed by atoms with Gasteiger partial charge in [0.2, 0.25) is 0 Å². The van der Waals surface area contributed by atoms with Crippen LogP contribution in [0.3, 0.4) is 0 Å². The van der Waals surface area contributed by atoms with E-state index in [1.54, 1.807) is 12.1 Å². The molecule has 0 saturated carbocycles. The van der Waals surface area contributed by atoms with Crippen molar-refractivity contribution < 1.29 is 47.9 Å². The summed E-state index contributed by atoms with van der Waals surface area (Å²) >= 11 is 0. The van der Waals surface area contributed by atoms with E-state index in [2.05, 4.69) is 0 Å². The van der Waals surface area contributed by atoms with E-state index in [9.17, 15) is 9.59 Å². The molecule has 1 aromatic carbocycles. The van der Waals surface area contributed by atoms with Gasteiger partial charge in [0.05, 0.1) is 66.1 Å². The van der Waals surface area contributed by atoms with Crippen LogP contribution in [0, 0.1) is 0 Å². The maximum atomic E-state index is 11.4. The van der Waals surface area contributed by atoms with E-state index < -0.39 is 5.97 Å². The highest BCUT2D eigenvalue weighted by Gasteiger charge is 2.04. The summed E-state index contributed by atoms with van der Waals surface area (Å²) in [6.45, 7) is 5.05. The minimum Gasteiger partial charge on any atom is -0.491 e. The van der Waals surface area contributed by atoms with Gasteiger partial charge in [-0.05, 0) is 37.1 Å². The molecule has 0 spiro atoms. The Morgan fingerprint density at radius 2 is 1.06 bits per heavy atom. The largest absolute Gasteiger partial charge is 0.491 e. The average molecular weight is 502 g/mol. The Morgan fingerprint density at radius 1 is 0.629 bits per heavy atom. The molecule has 0 aliphatic rings. The number of carboxylic acids is 1. The predicted octanol–water partition coefficient (Wildman–Crippen LogP) is 1.92. The number of ether oxygens (including phenoxy) is 7. The van der Waals surface area contributed by atoms with Crippen molar-refractivity contribution in [2.24, 2.45) is 0 Å². The van der Waals surface area contributed by atoms with Crippen molar-refractivity contribution in [3.05, 3.63) is 24.3 Å². The molecule has 0 heterocycles. The maximum Gasteiger partial charge on any atom is 0.305 e. The Balaban J connectivity index is 1.71. The third kappa shape index (κ3) is 20.6. The Kier molecular flexibility index (Phi) is 19.3. The van der Waals surface area contributed by atoms with Gasteiger partial charge in [-0.1, -0.05) is 0 Å². The van der Waals surface area contributed by atoms with Gasteiger partial charge in [0.15, 0.2) is 0 Å². The molecule has 0 aromatic heterocycles. The van der Waals surface area contributed by atoms with Crippen LogP contribution in [0.2, 0.25) is 0 Å². The van der Waals surface area contributed by atoms with Crippen LogP contribution >= 0.6 is 0 Å². The lowest BCUT2D eigenvalue weighted by atomic mass is 10.2. The number of benzene rings is 1. The summed E-state index contributed by atoms with van der Waals surface area (Å²) in [6, 6.07) is 7.21. The highest BCUT2D eigenvalue weighted by molar-refractivity contribution is 5.69. The predicted molar refractivity (Wildman–Crippen MR) is 128 cm³/mol. The third-order valence-corrected chi connectivity index (χ3v) is 4.38. The number of hydrogen-bond donors (Lipinski definition) is 2. The highest BCUT2D eigenvalue weighted by atomic mass is 16.6. The minimum atomic E-state index is -0.860. The molecule has 1 aromatic rings. The van der Waals surface area contributed by atoms with Gasteiger partial charge in [-0.15, -0.1) is 0 Å². The van der Waals surface area contributed by atoms with E-state index in [0.717, 1.165) is 5.75 Å². The van der Waals surface area contributed by atoms with Crippen LogP contribution in [0.4, 0.5) is 5.69 Å². The normalized spacial score (nSPS) is 10.9. The highest BCUT2D eigenvalue weighted by Crippen LogP contribution is 2.12. The van der Waals surface area contributed by atoms with E-state index in [1.807, 2.05) is 12.1 Å². The standard InChI is InChI=1S/C24H39NO10/c25-21-5-7-22(8-6-21)34-19-17-32-15-13-30-11-9-29-10-12-31-14-16-33-18-20-35-24(28)4-2-1-3-23(26)27/h5-8H,1-4,9-20,25H2,(H,26,27). The fourth-order valence-electron chi connectivity index (χ4n) is 2.60. The minimum absolute atomic E-state index is 0.0643. The summed E-state index contributed by atoms with van der Waals surface area (Å²) < 4.78 is 37.5. The van der Waals surface area contributed by atoms with Crippen LogP contribution in [-0.4, -0.2) is 96.3 Å². The first-order valence-electron chi connectivity index (χ1n) is 11.8. The molecule has 3 N–H and O–H groups in total. The fourth-order valence-corrected chi connectivity index (χ4v) is 2.60. The second kappa shape index (κ2) is 22.1. The van der Waals surface area contributed by atoms with Crippen molar-refractivity contribution >= 4 is 17.6 Å². The second-order valence-corrected chi connectivity index (χ2v) is 7.30. The number of esters is 1. The number of nitrogens with two attached hydrogens (primary N) is 1. The SMILES string of the molecule is Nc1ccc(OCCOCCOCCOCCOCCOCCOC(=O)CCCCC(=O)O)cc1. The number of aliphatic carboxylic acids is 1. The summed E-state index contributed by atoms with van der Waals surface area (Å²) in [6.07, 6.45) is 1.25. The Labute approximate surface area is 206 Å². The van der Waals surface area contributed by atoms with Crippen LogP contribution in [0.15, 0.2) is 24.3 Å². The first-order valence-corrected chi connectivity index (χ1v) is 11.8. The van der Waals surface area contributed by atoms with Crippen molar-refractivity contribution in [3.63, 3.8) is 0 Å². The Morgan fingerprint density at radius 3 is 1.54 bits per heavy atom. The smallest absolute Gasteiger partial charge is 0.305 e. The molecule has 0 radical (unpaired) electrons. The van der Waals surface area contributed by atoms with Crippen molar-refractivity contribution in [2.75, 3.05) is 85.0 Å². The molecule has 1 rings (SSSR count). The zero-order chi connectivity index (χ0) is 25.4. The molecule has 0 saturated heterocycles. The fraction of sp³-hybridized carbons (Fsp3) is 0.667. The van der Waals surface area contributed by atoms with Crippen molar-refractivity contribution in [1.82, 2.24) is 0 Å². The Bertz CT molecular complexity index is 656. The molecule has 0 aliphatic heterocycles. The van der Waals surface area contributed by atoms with Gasteiger partial charge >= 0.3 is 11.9 Å². The van der Waals surface area contributed by atoms with Crippen LogP contribution in [-0.2, 0) is 38.0 Å². The summed E-state index contributed by atoms with van der Waals surface area (Å²) in [4.78, 5) is 21.8. The molecule has 0 unspecified atom stereocenters. The number of unbranched alkanes of at least 4 members (excludes halogenated alkanes) is 1. The molecular formula is C24H39NO10. The Hall–Kier alpha value is -2.44. The lowest BCUT2D eigenvalue weighted by Crippen LogP contribution is -2.15. The summed E-state index contributed by atoms with van der Waals surface area (Å²) in [7, 11) is 0. The first kappa shape index (κ1) is 30.6. The van der Waals surface area contributed by atoms with E-state index in [0.29, 0.717) is 84.6 Å². The van der Waals surface area contributed by atoms with Crippen molar-refractivity contribution in [2.45, 2.75) is 25.7 Å². The number of nitrogen functional groups attached to an aromatic ring is 1. The zero-order valence-corrected chi connectivity index (χ0v) is 20.3. The molecule has 200 valence electrons. The van der Waals surface area contributed by atoms with E-state index in [4.69, 9.17) is 44.0 Å². The first-order chi connectivity index (χ1) is 17.1. The molecule has 11 nitrogen and oxygen atoms in total. The van der Waals surface area contributed by atoms with E-state index in [1.165, 1.54) is 0 Å². The number of hydrogen-bond acceptors (Lipinski definition) is 10. The topological polar surface area (TPSA) is 145 Å². The maximum absolute atomic E-state index is 11.4. The van der Waals surface area contributed by atoms with Gasteiger partial charge in [-0.3, -0.25) is 9.59 Å². The molecular weight excluding hydrogens is 462 g/mol. The van der Waals surface area contributed by atoms with Crippen LogP contribution < -0.4 is 10.5 Å². The quantitative estimate of drug-likeness (QED) is 0.122. The molecule has 0 amide bonds. The van der Waals surface area contributed by atoms with Gasteiger partial charge in [-0.2, -0.15) is 0 Å². The molecule has 0 fully saturated rings. The number of anilines is 1. The van der Waals surface area contributed by atoms with Crippen LogP contribution in [0.5, 0.6) is 5.75 Å². The second-order valence-electron chi connectivity index (χ2n) is 7.30. The molecule has 0 atom stereocenters. The van der Waals surface area contributed by atoms with Crippen molar-refractivity contribution in [1.29, 1.82) is 0 Å². The summed E-state index contributed by atoms with van der Waals surface area (Å²) in [5.74, 6) is -0.445. The number of carbonyl (C=O) groups excluding carboxylic acids is 1. The van der Waals surface area contributed by atoms with Crippen LogP contribution in [0.25, 0.3) is 0 Å². The zero-order valence-electron chi connectivity index (χ0n) is 20.3. The average Bonchev–Trinajstić information content (AvgIpc) is 2.84. The number of carbonyl (C=O) groups is 2. The lowest BCUT2D eigenvalue weighted by molar-refractivity contribution is -0.146. The monoisotopic (exact) mass is 501 g/mol. The van der Waals surface area contributed by atoms with Crippen LogP contribution in [0.1, 0.15) is 25.7 Å². The van der Waals surface area contributed by atoms with Crippen molar-refractivity contribution in [3.8, 4) is 5.75 Å². The molecule has 0 bridgehead atoms. The van der Waals surface area contributed by atoms with Gasteiger partial charge in [-0.25, -0.2) is 0 Å². The van der Waals surface area contributed by atoms with Gasteiger partial charge in [0, 0.05) is 18.5 Å². The summed E-state index contributed by atoms with van der Waals surface area (Å²) in [5, 5.41) is 8.52. The lowest BCUT2D eigenvalue weighted by Gasteiger charge is -2.09. The number of carboxylic acid groups (broad SMARTS) is 1. The summed E-state index contributed by atoms with van der Waals surface area (Å²) in [5.41, 5.74) is 6.32. The molecule has 35 heavy (non-hydrogen) atoms. The molecule has 11 heteroatoms. The van der Waals surface area contributed by atoms with Gasteiger partial charge in [0.25, 0.3) is 0 Å². The molecule has 0 aliphatic carbocycles. The van der Waals surface area contributed by atoms with E-state index >= 15 is 0 Å².